The minimum atomic E-state index is -0.784. The Morgan fingerprint density at radius 1 is 1.22 bits per heavy atom. The van der Waals surface area contributed by atoms with Crippen molar-refractivity contribution in [1.29, 1.82) is 0 Å². The molecule has 18 heavy (non-hydrogen) atoms. The second kappa shape index (κ2) is 5.98. The van der Waals surface area contributed by atoms with Gasteiger partial charge in [-0.1, -0.05) is 24.3 Å². The molecule has 1 aliphatic heterocycles. The SMILES string of the molecule is NC1CCN(Cc2ccc(CC(=O)O)cc2)CC1. The van der Waals surface area contributed by atoms with Crippen LogP contribution in [0, 0.1) is 0 Å². The van der Waals surface area contributed by atoms with E-state index in [1.165, 1.54) is 5.56 Å². The molecular weight excluding hydrogens is 228 g/mol. The molecule has 1 aromatic carbocycles. The van der Waals surface area contributed by atoms with Crippen LogP contribution in [-0.4, -0.2) is 35.1 Å². The van der Waals surface area contributed by atoms with Crippen molar-refractivity contribution in [2.75, 3.05) is 13.1 Å². The van der Waals surface area contributed by atoms with Crippen LogP contribution in [-0.2, 0) is 17.8 Å². The fraction of sp³-hybridized carbons (Fsp3) is 0.500. The summed E-state index contributed by atoms with van der Waals surface area (Å²) in [5.41, 5.74) is 7.96. The summed E-state index contributed by atoms with van der Waals surface area (Å²) in [6.07, 6.45) is 2.23. The van der Waals surface area contributed by atoms with Gasteiger partial charge in [-0.2, -0.15) is 0 Å². The summed E-state index contributed by atoms with van der Waals surface area (Å²) in [4.78, 5) is 13.0. The van der Waals surface area contributed by atoms with Crippen molar-refractivity contribution < 1.29 is 9.90 Å². The molecule has 0 saturated carbocycles. The van der Waals surface area contributed by atoms with E-state index in [0.29, 0.717) is 6.04 Å². The lowest BCUT2D eigenvalue weighted by atomic mass is 10.0. The number of likely N-dealkylation sites (tertiary alicyclic amines) is 1. The van der Waals surface area contributed by atoms with Gasteiger partial charge in [0.15, 0.2) is 0 Å². The van der Waals surface area contributed by atoms with Gasteiger partial charge in [-0.3, -0.25) is 9.69 Å². The first kappa shape index (κ1) is 13.1. The predicted molar refractivity (Wildman–Crippen MR) is 70.3 cm³/mol. The second-order valence-electron chi connectivity index (χ2n) is 5.00. The molecule has 1 aromatic rings. The van der Waals surface area contributed by atoms with E-state index in [4.69, 9.17) is 10.8 Å². The summed E-state index contributed by atoms with van der Waals surface area (Å²) < 4.78 is 0. The third-order valence-electron chi connectivity index (χ3n) is 3.42. The highest BCUT2D eigenvalue weighted by molar-refractivity contribution is 5.70. The van der Waals surface area contributed by atoms with Gasteiger partial charge in [0, 0.05) is 12.6 Å². The Hall–Kier alpha value is -1.39. The van der Waals surface area contributed by atoms with E-state index in [-0.39, 0.29) is 6.42 Å². The van der Waals surface area contributed by atoms with Crippen molar-refractivity contribution in [3.8, 4) is 0 Å². The number of carboxylic acids is 1. The summed E-state index contributed by atoms with van der Waals surface area (Å²) in [6.45, 7) is 3.04. The number of rotatable bonds is 4. The molecule has 0 aromatic heterocycles. The van der Waals surface area contributed by atoms with Crippen LogP contribution in [0.4, 0.5) is 0 Å². The van der Waals surface area contributed by atoms with E-state index in [9.17, 15) is 4.79 Å². The average Bonchev–Trinajstić information content (AvgIpc) is 2.34. The molecule has 0 spiro atoms. The molecule has 0 unspecified atom stereocenters. The second-order valence-corrected chi connectivity index (χ2v) is 5.00. The highest BCUT2D eigenvalue weighted by Gasteiger charge is 2.15. The standard InChI is InChI=1S/C14H20N2O2/c15-13-5-7-16(8-6-13)10-12-3-1-11(2-4-12)9-14(17)18/h1-4,13H,5-10,15H2,(H,17,18). The van der Waals surface area contributed by atoms with Gasteiger partial charge in [0.25, 0.3) is 0 Å². The zero-order valence-corrected chi connectivity index (χ0v) is 10.5. The lowest BCUT2D eigenvalue weighted by Crippen LogP contribution is -2.39. The third kappa shape index (κ3) is 3.82. The molecule has 0 amide bonds. The number of piperidine rings is 1. The van der Waals surface area contributed by atoms with Crippen molar-refractivity contribution in [2.24, 2.45) is 5.73 Å². The zero-order valence-electron chi connectivity index (χ0n) is 10.5. The first-order chi connectivity index (χ1) is 8.63. The summed E-state index contributed by atoms with van der Waals surface area (Å²) in [5, 5.41) is 8.70. The zero-order chi connectivity index (χ0) is 13.0. The number of aliphatic carboxylic acids is 1. The van der Waals surface area contributed by atoms with Crippen molar-refractivity contribution >= 4 is 5.97 Å². The monoisotopic (exact) mass is 248 g/mol. The normalized spacial score (nSPS) is 17.8. The first-order valence-corrected chi connectivity index (χ1v) is 6.41. The van der Waals surface area contributed by atoms with Gasteiger partial charge in [0.2, 0.25) is 0 Å². The fourth-order valence-electron chi connectivity index (χ4n) is 2.31. The Kier molecular flexibility index (Phi) is 4.33. The van der Waals surface area contributed by atoms with E-state index >= 15 is 0 Å². The van der Waals surface area contributed by atoms with Crippen LogP contribution in [0.5, 0.6) is 0 Å². The van der Waals surface area contributed by atoms with Crippen LogP contribution >= 0.6 is 0 Å². The fourth-order valence-corrected chi connectivity index (χ4v) is 2.31. The number of carboxylic acid groups (broad SMARTS) is 1. The minimum Gasteiger partial charge on any atom is -0.481 e. The molecule has 1 saturated heterocycles. The Morgan fingerprint density at radius 3 is 2.33 bits per heavy atom. The molecule has 1 fully saturated rings. The van der Waals surface area contributed by atoms with Gasteiger partial charge in [-0.15, -0.1) is 0 Å². The number of hydrogen-bond acceptors (Lipinski definition) is 3. The van der Waals surface area contributed by atoms with E-state index < -0.39 is 5.97 Å². The molecule has 4 heteroatoms. The van der Waals surface area contributed by atoms with Gasteiger partial charge in [-0.05, 0) is 37.1 Å². The number of nitrogens with zero attached hydrogens (tertiary/aromatic N) is 1. The maximum Gasteiger partial charge on any atom is 0.307 e. The summed E-state index contributed by atoms with van der Waals surface area (Å²) in [7, 11) is 0. The van der Waals surface area contributed by atoms with Crippen LogP contribution in [0.1, 0.15) is 24.0 Å². The Morgan fingerprint density at radius 2 is 1.78 bits per heavy atom. The van der Waals surface area contributed by atoms with Crippen molar-refractivity contribution in [3.63, 3.8) is 0 Å². The Balaban J connectivity index is 1.88. The molecular formula is C14H20N2O2. The van der Waals surface area contributed by atoms with Gasteiger partial charge >= 0.3 is 5.97 Å². The minimum absolute atomic E-state index is 0.0961. The largest absolute Gasteiger partial charge is 0.481 e. The highest BCUT2D eigenvalue weighted by Crippen LogP contribution is 2.13. The van der Waals surface area contributed by atoms with Crippen LogP contribution in [0.25, 0.3) is 0 Å². The summed E-state index contributed by atoms with van der Waals surface area (Å²) in [5.74, 6) is -0.784. The van der Waals surface area contributed by atoms with Gasteiger partial charge in [-0.25, -0.2) is 0 Å². The van der Waals surface area contributed by atoms with Gasteiger partial charge in [0.05, 0.1) is 6.42 Å². The molecule has 3 N–H and O–H groups in total. The molecule has 0 atom stereocenters. The maximum absolute atomic E-state index is 10.6. The predicted octanol–water partition coefficient (Wildman–Crippen LogP) is 1.24. The number of hydrogen-bond donors (Lipinski definition) is 2. The number of benzene rings is 1. The number of nitrogens with two attached hydrogens (primary N) is 1. The molecule has 0 radical (unpaired) electrons. The molecule has 0 aliphatic carbocycles. The van der Waals surface area contributed by atoms with Crippen LogP contribution in [0.3, 0.4) is 0 Å². The third-order valence-corrected chi connectivity index (χ3v) is 3.42. The topological polar surface area (TPSA) is 66.6 Å². The maximum atomic E-state index is 10.6. The van der Waals surface area contributed by atoms with E-state index in [1.54, 1.807) is 0 Å². The van der Waals surface area contributed by atoms with Gasteiger partial charge < -0.3 is 10.8 Å². The van der Waals surface area contributed by atoms with Crippen molar-refractivity contribution in [3.05, 3.63) is 35.4 Å². The Labute approximate surface area is 107 Å². The van der Waals surface area contributed by atoms with Crippen LogP contribution in [0.15, 0.2) is 24.3 Å². The first-order valence-electron chi connectivity index (χ1n) is 6.41. The average molecular weight is 248 g/mol. The lowest BCUT2D eigenvalue weighted by Gasteiger charge is -2.30. The molecule has 4 nitrogen and oxygen atoms in total. The molecule has 1 heterocycles. The quantitative estimate of drug-likeness (QED) is 0.841. The smallest absolute Gasteiger partial charge is 0.307 e. The molecule has 1 aliphatic rings. The highest BCUT2D eigenvalue weighted by atomic mass is 16.4. The molecule has 0 bridgehead atoms. The van der Waals surface area contributed by atoms with Crippen LogP contribution in [0.2, 0.25) is 0 Å². The summed E-state index contributed by atoms with van der Waals surface area (Å²) in [6, 6.07) is 8.21. The van der Waals surface area contributed by atoms with Crippen molar-refractivity contribution in [1.82, 2.24) is 4.90 Å². The molecule has 2 rings (SSSR count). The lowest BCUT2D eigenvalue weighted by molar-refractivity contribution is -0.136. The van der Waals surface area contributed by atoms with E-state index in [0.717, 1.165) is 38.0 Å². The van der Waals surface area contributed by atoms with Gasteiger partial charge in [0.1, 0.15) is 0 Å². The van der Waals surface area contributed by atoms with Crippen molar-refractivity contribution in [2.45, 2.75) is 31.8 Å². The van der Waals surface area contributed by atoms with Crippen LogP contribution < -0.4 is 5.73 Å². The number of carbonyl (C=O) groups is 1. The van der Waals surface area contributed by atoms with E-state index in [1.807, 2.05) is 24.3 Å². The van der Waals surface area contributed by atoms with E-state index in [2.05, 4.69) is 4.90 Å². The summed E-state index contributed by atoms with van der Waals surface area (Å²) >= 11 is 0. The molecule has 98 valence electrons. The Bertz CT molecular complexity index is 395.